The molecule has 0 saturated heterocycles. The maximum Gasteiger partial charge on any atom is 0.185 e. The molecular weight excluding hydrogens is 240 g/mol. The number of carbonyl (C=O) groups excluding carboxylic acids is 1. The molecule has 0 fully saturated rings. The second-order valence-corrected chi connectivity index (χ2v) is 4.72. The fourth-order valence-electron chi connectivity index (χ4n) is 2.15. The molecule has 2 aromatic heterocycles. The van der Waals surface area contributed by atoms with Gasteiger partial charge in [0.05, 0.1) is 23.9 Å². The number of imidazole rings is 1. The summed E-state index contributed by atoms with van der Waals surface area (Å²) in [6, 6.07) is 7.70. The number of aryl methyl sites for hydroxylation is 2. The van der Waals surface area contributed by atoms with Crippen LogP contribution >= 0.6 is 0 Å². The normalized spacial score (nSPS) is 11.1. The van der Waals surface area contributed by atoms with Crippen LogP contribution in [-0.4, -0.2) is 15.8 Å². The second-order valence-electron chi connectivity index (χ2n) is 4.72. The smallest absolute Gasteiger partial charge is 0.185 e. The van der Waals surface area contributed by atoms with Crippen molar-refractivity contribution in [2.75, 3.05) is 0 Å². The van der Waals surface area contributed by atoms with Crippen LogP contribution in [0, 0.1) is 13.8 Å². The predicted octanol–water partition coefficient (Wildman–Crippen LogP) is 3.11. The third kappa shape index (κ3) is 2.05. The Balaban J connectivity index is 2.01. The van der Waals surface area contributed by atoms with Crippen LogP contribution in [0.25, 0.3) is 11.0 Å². The van der Waals surface area contributed by atoms with Crippen molar-refractivity contribution in [1.82, 2.24) is 9.55 Å². The summed E-state index contributed by atoms with van der Waals surface area (Å²) in [6.45, 7) is 4.74. The van der Waals surface area contributed by atoms with Gasteiger partial charge in [0.1, 0.15) is 5.76 Å². The van der Waals surface area contributed by atoms with Crippen molar-refractivity contribution in [2.24, 2.45) is 0 Å². The Morgan fingerprint density at radius 2 is 2.05 bits per heavy atom. The number of aldehydes is 1. The molecule has 2 heterocycles. The number of hydrogen-bond donors (Lipinski definition) is 0. The molecule has 0 aliphatic heterocycles. The van der Waals surface area contributed by atoms with Gasteiger partial charge in [0.25, 0.3) is 0 Å². The van der Waals surface area contributed by atoms with Gasteiger partial charge in [-0.2, -0.15) is 0 Å². The zero-order chi connectivity index (χ0) is 13.4. The molecular formula is C15H14N2O2. The minimum atomic E-state index is 0.353. The van der Waals surface area contributed by atoms with Crippen LogP contribution < -0.4 is 0 Å². The fourth-order valence-corrected chi connectivity index (χ4v) is 2.15. The highest BCUT2D eigenvalue weighted by Crippen LogP contribution is 2.19. The van der Waals surface area contributed by atoms with E-state index in [1.807, 2.05) is 10.6 Å². The van der Waals surface area contributed by atoms with Crippen LogP contribution in [0.5, 0.6) is 0 Å². The maximum absolute atomic E-state index is 10.6. The van der Waals surface area contributed by atoms with Gasteiger partial charge >= 0.3 is 0 Å². The molecule has 0 amide bonds. The van der Waals surface area contributed by atoms with Gasteiger partial charge in [-0.25, -0.2) is 4.98 Å². The van der Waals surface area contributed by atoms with Gasteiger partial charge in [-0.05, 0) is 49.2 Å². The van der Waals surface area contributed by atoms with Crippen molar-refractivity contribution >= 4 is 17.3 Å². The lowest BCUT2D eigenvalue weighted by atomic mass is 10.1. The minimum absolute atomic E-state index is 0.353. The summed E-state index contributed by atoms with van der Waals surface area (Å²) in [5, 5.41) is 0. The molecule has 0 atom stereocenters. The topological polar surface area (TPSA) is 48.0 Å². The molecule has 0 aliphatic rings. The monoisotopic (exact) mass is 254 g/mol. The Bertz CT molecular complexity index is 753. The van der Waals surface area contributed by atoms with E-state index in [0.717, 1.165) is 16.8 Å². The molecule has 0 unspecified atom stereocenters. The Labute approximate surface area is 110 Å². The van der Waals surface area contributed by atoms with E-state index in [2.05, 4.69) is 31.0 Å². The number of rotatable bonds is 3. The van der Waals surface area contributed by atoms with E-state index in [9.17, 15) is 4.79 Å². The quantitative estimate of drug-likeness (QED) is 0.675. The number of hydrogen-bond acceptors (Lipinski definition) is 3. The molecule has 0 saturated carbocycles. The van der Waals surface area contributed by atoms with Gasteiger partial charge in [-0.15, -0.1) is 0 Å². The Hall–Kier alpha value is -2.36. The molecule has 4 heteroatoms. The first kappa shape index (κ1) is 11.7. The summed E-state index contributed by atoms with van der Waals surface area (Å²) >= 11 is 0. The van der Waals surface area contributed by atoms with Gasteiger partial charge in [-0.3, -0.25) is 4.79 Å². The lowest BCUT2D eigenvalue weighted by molar-refractivity contribution is 0.109. The lowest BCUT2D eigenvalue weighted by Gasteiger charge is -2.04. The van der Waals surface area contributed by atoms with Gasteiger partial charge < -0.3 is 8.98 Å². The zero-order valence-electron chi connectivity index (χ0n) is 10.9. The molecule has 96 valence electrons. The SMILES string of the molecule is Cc1cc2ncn(Cc3ccc(C=O)o3)c2cc1C. The van der Waals surface area contributed by atoms with E-state index < -0.39 is 0 Å². The maximum atomic E-state index is 10.6. The average molecular weight is 254 g/mol. The Morgan fingerprint density at radius 3 is 2.79 bits per heavy atom. The van der Waals surface area contributed by atoms with Crippen molar-refractivity contribution in [2.45, 2.75) is 20.4 Å². The summed E-state index contributed by atoms with van der Waals surface area (Å²) < 4.78 is 7.42. The van der Waals surface area contributed by atoms with Crippen molar-refractivity contribution in [3.8, 4) is 0 Å². The molecule has 3 aromatic rings. The van der Waals surface area contributed by atoms with E-state index in [4.69, 9.17) is 4.42 Å². The van der Waals surface area contributed by atoms with E-state index in [1.54, 1.807) is 12.4 Å². The minimum Gasteiger partial charge on any atom is -0.456 e. The highest BCUT2D eigenvalue weighted by molar-refractivity contribution is 5.77. The first-order chi connectivity index (χ1) is 9.17. The van der Waals surface area contributed by atoms with Crippen molar-refractivity contribution in [3.63, 3.8) is 0 Å². The number of carbonyl (C=O) groups is 1. The highest BCUT2D eigenvalue weighted by Gasteiger charge is 2.07. The van der Waals surface area contributed by atoms with E-state index >= 15 is 0 Å². The van der Waals surface area contributed by atoms with Crippen molar-refractivity contribution in [3.05, 3.63) is 53.2 Å². The number of fused-ring (bicyclic) bond motifs is 1. The van der Waals surface area contributed by atoms with E-state index in [1.165, 1.54) is 11.1 Å². The molecule has 4 nitrogen and oxygen atoms in total. The first-order valence-corrected chi connectivity index (χ1v) is 6.13. The van der Waals surface area contributed by atoms with Gasteiger partial charge in [0, 0.05) is 0 Å². The summed E-state index contributed by atoms with van der Waals surface area (Å²) in [7, 11) is 0. The van der Waals surface area contributed by atoms with Crippen LogP contribution in [0.2, 0.25) is 0 Å². The second kappa shape index (κ2) is 4.39. The van der Waals surface area contributed by atoms with Crippen molar-refractivity contribution in [1.29, 1.82) is 0 Å². The van der Waals surface area contributed by atoms with Crippen LogP contribution in [0.4, 0.5) is 0 Å². The largest absolute Gasteiger partial charge is 0.456 e. The van der Waals surface area contributed by atoms with Gasteiger partial charge in [-0.1, -0.05) is 0 Å². The summed E-state index contributed by atoms with van der Waals surface area (Å²) in [5.74, 6) is 1.10. The van der Waals surface area contributed by atoms with E-state index in [0.29, 0.717) is 18.6 Å². The Kier molecular flexibility index (Phi) is 2.71. The summed E-state index contributed by atoms with van der Waals surface area (Å²) in [6.07, 6.45) is 2.51. The third-order valence-electron chi connectivity index (χ3n) is 3.36. The van der Waals surface area contributed by atoms with Crippen LogP contribution in [0.15, 0.2) is 35.0 Å². The van der Waals surface area contributed by atoms with Crippen LogP contribution in [-0.2, 0) is 6.54 Å². The molecule has 0 spiro atoms. The molecule has 3 rings (SSSR count). The van der Waals surface area contributed by atoms with Gasteiger partial charge in [0.15, 0.2) is 12.0 Å². The number of benzene rings is 1. The average Bonchev–Trinajstić information content (AvgIpc) is 2.99. The standard InChI is InChI=1S/C15H14N2O2/c1-10-5-14-15(6-11(10)2)17(9-16-14)7-12-3-4-13(8-18)19-12/h3-6,8-9H,7H2,1-2H3. The van der Waals surface area contributed by atoms with Crippen LogP contribution in [0.3, 0.4) is 0 Å². The third-order valence-corrected chi connectivity index (χ3v) is 3.36. The highest BCUT2D eigenvalue weighted by atomic mass is 16.3. The molecule has 0 radical (unpaired) electrons. The zero-order valence-corrected chi connectivity index (χ0v) is 10.9. The predicted molar refractivity (Wildman–Crippen MR) is 72.4 cm³/mol. The molecule has 0 bridgehead atoms. The summed E-state index contributed by atoms with van der Waals surface area (Å²) in [4.78, 5) is 15.0. The number of furan rings is 1. The lowest BCUT2D eigenvalue weighted by Crippen LogP contribution is -1.97. The van der Waals surface area contributed by atoms with E-state index in [-0.39, 0.29) is 0 Å². The molecule has 19 heavy (non-hydrogen) atoms. The molecule has 0 N–H and O–H groups in total. The molecule has 1 aromatic carbocycles. The van der Waals surface area contributed by atoms with Gasteiger partial charge in [0.2, 0.25) is 0 Å². The Morgan fingerprint density at radius 1 is 1.26 bits per heavy atom. The fraction of sp³-hybridized carbons (Fsp3) is 0.200. The van der Waals surface area contributed by atoms with Crippen molar-refractivity contribution < 1.29 is 9.21 Å². The number of nitrogens with zero attached hydrogens (tertiary/aromatic N) is 2. The molecule has 0 aliphatic carbocycles. The summed E-state index contributed by atoms with van der Waals surface area (Å²) in [5.41, 5.74) is 4.53. The van der Waals surface area contributed by atoms with Crippen LogP contribution in [0.1, 0.15) is 27.4 Å². The number of aromatic nitrogens is 2. The first-order valence-electron chi connectivity index (χ1n) is 6.13.